The van der Waals surface area contributed by atoms with Crippen LogP contribution in [0.2, 0.25) is 0 Å². The Morgan fingerprint density at radius 2 is 1.64 bits per heavy atom. The van der Waals surface area contributed by atoms with Gasteiger partial charge in [0, 0.05) is 32.1 Å². The zero-order valence-electron chi connectivity index (χ0n) is 17.1. The summed E-state index contributed by atoms with van der Waals surface area (Å²) in [7, 11) is 0. The van der Waals surface area contributed by atoms with Crippen molar-refractivity contribution in [3.63, 3.8) is 0 Å². The average molecular weight is 477 g/mol. The van der Waals surface area contributed by atoms with Gasteiger partial charge in [-0.2, -0.15) is 0 Å². The molecule has 1 fully saturated rings. The second kappa shape index (κ2) is 10.8. The quantitative estimate of drug-likeness (QED) is 0.570. The van der Waals surface area contributed by atoms with Gasteiger partial charge in [0.1, 0.15) is 17.5 Å². The fourth-order valence-electron chi connectivity index (χ4n) is 2.86. The molecule has 2 aromatic rings. The maximum absolute atomic E-state index is 13.6. The number of nitrogens with zero attached hydrogens (tertiary/aromatic N) is 1. The molecule has 2 aromatic carbocycles. The molecule has 7 nitrogen and oxygen atoms in total. The summed E-state index contributed by atoms with van der Waals surface area (Å²) < 4.78 is 39.5. The van der Waals surface area contributed by atoms with Crippen LogP contribution < -0.4 is 10.6 Å². The topological polar surface area (TPSA) is 95.6 Å². The molecule has 0 spiro atoms. The van der Waals surface area contributed by atoms with Crippen LogP contribution in [-0.2, 0) is 9.59 Å². The van der Waals surface area contributed by atoms with Crippen molar-refractivity contribution in [2.45, 2.75) is 6.42 Å². The summed E-state index contributed by atoms with van der Waals surface area (Å²) in [4.78, 5) is 49.5. The largest absolute Gasteiger partial charge is 0.354 e. The van der Waals surface area contributed by atoms with Crippen molar-refractivity contribution in [2.75, 3.05) is 19.6 Å². The van der Waals surface area contributed by atoms with Gasteiger partial charge in [0.15, 0.2) is 0 Å². The minimum Gasteiger partial charge on any atom is -0.354 e. The summed E-state index contributed by atoms with van der Waals surface area (Å²) >= 11 is 0.747. The van der Waals surface area contributed by atoms with E-state index in [4.69, 9.17) is 0 Å². The molecule has 0 saturated carbocycles. The van der Waals surface area contributed by atoms with Crippen LogP contribution in [0.25, 0.3) is 6.08 Å². The first-order valence-corrected chi connectivity index (χ1v) is 10.6. The van der Waals surface area contributed by atoms with E-state index in [9.17, 15) is 32.3 Å². The molecule has 1 aliphatic heterocycles. The highest BCUT2D eigenvalue weighted by Gasteiger charge is 2.34. The molecular formula is C22H18F3N3O4S. The molecular weight excluding hydrogens is 459 g/mol. The van der Waals surface area contributed by atoms with E-state index in [0.717, 1.165) is 28.8 Å². The number of benzene rings is 2. The van der Waals surface area contributed by atoms with Crippen molar-refractivity contribution < 1.29 is 32.3 Å². The maximum Gasteiger partial charge on any atom is 0.293 e. The second-order valence-corrected chi connectivity index (χ2v) is 7.86. The minimum absolute atomic E-state index is 0.00123. The van der Waals surface area contributed by atoms with Crippen LogP contribution in [0.3, 0.4) is 0 Å². The van der Waals surface area contributed by atoms with Crippen molar-refractivity contribution in [2.24, 2.45) is 0 Å². The number of hydrogen-bond acceptors (Lipinski definition) is 5. The number of halogens is 3. The van der Waals surface area contributed by atoms with E-state index in [1.54, 1.807) is 0 Å². The Hall–Kier alpha value is -3.60. The lowest BCUT2D eigenvalue weighted by Crippen LogP contribution is -2.38. The Kier molecular flexibility index (Phi) is 7.88. The monoisotopic (exact) mass is 477 g/mol. The summed E-state index contributed by atoms with van der Waals surface area (Å²) in [5, 5.41) is 4.39. The summed E-state index contributed by atoms with van der Waals surface area (Å²) in [6.07, 6.45) is 1.36. The summed E-state index contributed by atoms with van der Waals surface area (Å²) in [5.74, 6) is -4.00. The van der Waals surface area contributed by atoms with Gasteiger partial charge in [-0.05, 0) is 47.7 Å². The van der Waals surface area contributed by atoms with Crippen molar-refractivity contribution in [3.8, 4) is 0 Å². The Morgan fingerprint density at radius 1 is 0.939 bits per heavy atom. The van der Waals surface area contributed by atoms with E-state index in [1.165, 1.54) is 30.3 Å². The lowest BCUT2D eigenvalue weighted by molar-refractivity contribution is -0.124. The molecule has 0 aromatic heterocycles. The van der Waals surface area contributed by atoms with E-state index in [1.807, 2.05) is 0 Å². The Bertz CT molecular complexity index is 1120. The summed E-state index contributed by atoms with van der Waals surface area (Å²) in [6.45, 7) is -0.144. The standard InChI is InChI=1S/C22H18F3N3O4S/c23-14-3-1-13(2-4-14)11-18-21(31)28(22(32)33-18)10-9-26-19(29)7-8-27-20(30)16-6-5-15(24)12-17(16)25/h1-6,11-12H,7-10H2,(H,26,29)(H,27,30)/b18-11-. The zero-order valence-corrected chi connectivity index (χ0v) is 17.9. The van der Waals surface area contributed by atoms with Crippen molar-refractivity contribution in [3.05, 3.63) is 75.9 Å². The highest BCUT2D eigenvalue weighted by Crippen LogP contribution is 2.31. The summed E-state index contributed by atoms with van der Waals surface area (Å²) in [6, 6.07) is 7.97. The van der Waals surface area contributed by atoms with Crippen molar-refractivity contribution >= 4 is 40.8 Å². The fourth-order valence-corrected chi connectivity index (χ4v) is 3.72. The molecule has 2 N–H and O–H groups in total. The van der Waals surface area contributed by atoms with Crippen LogP contribution in [0.15, 0.2) is 47.4 Å². The molecule has 0 bridgehead atoms. The predicted molar refractivity (Wildman–Crippen MR) is 115 cm³/mol. The minimum atomic E-state index is -1.01. The maximum atomic E-state index is 13.6. The van der Waals surface area contributed by atoms with E-state index < -0.39 is 40.4 Å². The molecule has 0 aliphatic carbocycles. The van der Waals surface area contributed by atoms with Gasteiger partial charge in [-0.3, -0.25) is 24.1 Å². The molecule has 1 aliphatic rings. The average Bonchev–Trinajstić information content (AvgIpc) is 3.02. The molecule has 3 rings (SSSR count). The molecule has 0 unspecified atom stereocenters. The SMILES string of the molecule is O=C(CCNC(=O)c1ccc(F)cc1F)NCCN1C(=O)S/C(=C\c2ccc(F)cc2)C1=O. The third-order valence-corrected chi connectivity index (χ3v) is 5.42. The molecule has 0 radical (unpaired) electrons. The molecule has 1 saturated heterocycles. The van der Waals surface area contributed by atoms with Gasteiger partial charge in [0.2, 0.25) is 5.91 Å². The van der Waals surface area contributed by atoms with Gasteiger partial charge >= 0.3 is 0 Å². The molecule has 1 heterocycles. The number of rotatable bonds is 8. The first-order chi connectivity index (χ1) is 15.7. The third-order valence-electron chi connectivity index (χ3n) is 4.51. The number of nitrogens with one attached hydrogen (secondary N) is 2. The van der Waals surface area contributed by atoms with Crippen LogP contribution in [0.4, 0.5) is 18.0 Å². The van der Waals surface area contributed by atoms with Gasteiger partial charge in [-0.15, -0.1) is 0 Å². The Labute approximate surface area is 191 Å². The van der Waals surface area contributed by atoms with Crippen LogP contribution in [0.1, 0.15) is 22.3 Å². The highest BCUT2D eigenvalue weighted by atomic mass is 32.2. The van der Waals surface area contributed by atoms with E-state index in [2.05, 4.69) is 10.6 Å². The number of carbonyl (C=O) groups is 4. The zero-order chi connectivity index (χ0) is 24.0. The van der Waals surface area contributed by atoms with Crippen molar-refractivity contribution in [1.82, 2.24) is 15.5 Å². The molecule has 0 atom stereocenters. The van der Waals surface area contributed by atoms with E-state index >= 15 is 0 Å². The molecule has 172 valence electrons. The lowest BCUT2D eigenvalue weighted by atomic mass is 10.2. The number of hydrogen-bond donors (Lipinski definition) is 2. The van der Waals surface area contributed by atoms with E-state index in [-0.39, 0.29) is 36.5 Å². The first-order valence-electron chi connectivity index (χ1n) is 9.75. The Morgan fingerprint density at radius 3 is 2.33 bits per heavy atom. The number of imide groups is 1. The number of thioether (sulfide) groups is 1. The van der Waals surface area contributed by atoms with Crippen LogP contribution in [0.5, 0.6) is 0 Å². The first kappa shape index (κ1) is 24.1. The molecule has 33 heavy (non-hydrogen) atoms. The summed E-state index contributed by atoms with van der Waals surface area (Å²) in [5.41, 5.74) is 0.225. The fraction of sp³-hybridized carbons (Fsp3) is 0.182. The van der Waals surface area contributed by atoms with Gasteiger partial charge < -0.3 is 10.6 Å². The van der Waals surface area contributed by atoms with Gasteiger partial charge in [-0.1, -0.05) is 12.1 Å². The van der Waals surface area contributed by atoms with Crippen LogP contribution >= 0.6 is 11.8 Å². The second-order valence-electron chi connectivity index (χ2n) is 6.86. The van der Waals surface area contributed by atoms with Crippen LogP contribution in [0, 0.1) is 17.5 Å². The predicted octanol–water partition coefficient (Wildman–Crippen LogP) is 3.08. The normalized spacial score (nSPS) is 14.6. The number of carbonyl (C=O) groups excluding carboxylic acids is 4. The van der Waals surface area contributed by atoms with Gasteiger partial charge in [0.25, 0.3) is 17.1 Å². The lowest BCUT2D eigenvalue weighted by Gasteiger charge is -2.13. The highest BCUT2D eigenvalue weighted by molar-refractivity contribution is 8.18. The van der Waals surface area contributed by atoms with E-state index in [0.29, 0.717) is 11.6 Å². The number of amides is 4. The molecule has 11 heteroatoms. The van der Waals surface area contributed by atoms with Crippen molar-refractivity contribution in [1.29, 1.82) is 0 Å². The smallest absolute Gasteiger partial charge is 0.293 e. The van der Waals surface area contributed by atoms with Crippen LogP contribution in [-0.4, -0.2) is 47.5 Å². The third kappa shape index (κ3) is 6.45. The molecule has 4 amide bonds. The van der Waals surface area contributed by atoms with Gasteiger partial charge in [-0.25, -0.2) is 13.2 Å². The van der Waals surface area contributed by atoms with Gasteiger partial charge in [0.05, 0.1) is 10.5 Å². The Balaban J connectivity index is 1.42.